The predicted octanol–water partition coefficient (Wildman–Crippen LogP) is 3.20. The molecule has 0 aliphatic carbocycles. The van der Waals surface area contributed by atoms with Gasteiger partial charge in [-0.2, -0.15) is 4.98 Å². The molecular weight excluding hydrogens is 390 g/mol. The van der Waals surface area contributed by atoms with Gasteiger partial charge in [0.05, 0.1) is 17.9 Å². The van der Waals surface area contributed by atoms with E-state index < -0.39 is 5.56 Å². The van der Waals surface area contributed by atoms with Gasteiger partial charge in [-0.3, -0.25) is 9.59 Å². The maximum absolute atomic E-state index is 12.3. The zero-order valence-electron chi connectivity index (χ0n) is 15.8. The molecule has 0 unspecified atom stereocenters. The van der Waals surface area contributed by atoms with Crippen LogP contribution in [-0.4, -0.2) is 33.3 Å². The van der Waals surface area contributed by atoms with E-state index in [0.717, 1.165) is 23.1 Å². The van der Waals surface area contributed by atoms with E-state index in [2.05, 4.69) is 15.3 Å². The van der Waals surface area contributed by atoms with E-state index >= 15 is 0 Å². The lowest BCUT2D eigenvalue weighted by Crippen LogP contribution is -2.17. The number of hydrogen-bond acceptors (Lipinski definition) is 6. The zero-order valence-corrected chi connectivity index (χ0v) is 16.7. The average Bonchev–Trinajstić information content (AvgIpc) is 2.72. The summed E-state index contributed by atoms with van der Waals surface area (Å²) in [5, 5.41) is 13.1. The molecule has 2 aromatic carbocycles. The van der Waals surface area contributed by atoms with Crippen LogP contribution >= 0.6 is 11.8 Å². The summed E-state index contributed by atoms with van der Waals surface area (Å²) in [5.74, 6) is 0.183. The molecule has 0 spiro atoms. The first-order chi connectivity index (χ1) is 14.0. The zero-order chi connectivity index (χ0) is 20.6. The number of hydrogen-bond donors (Lipinski definition) is 3. The fourth-order valence-electron chi connectivity index (χ4n) is 2.63. The molecule has 1 heterocycles. The Labute approximate surface area is 172 Å². The van der Waals surface area contributed by atoms with E-state index in [1.807, 2.05) is 37.3 Å². The summed E-state index contributed by atoms with van der Waals surface area (Å²) < 4.78 is 5.36. The molecule has 1 amide bonds. The van der Waals surface area contributed by atoms with Crippen molar-refractivity contribution in [3.8, 4) is 11.6 Å². The van der Waals surface area contributed by atoms with Crippen LogP contribution in [0.1, 0.15) is 18.1 Å². The molecule has 0 saturated heterocycles. The Morgan fingerprint density at radius 1 is 1.17 bits per heavy atom. The fourth-order valence-corrected chi connectivity index (χ4v) is 3.28. The molecule has 29 heavy (non-hydrogen) atoms. The van der Waals surface area contributed by atoms with Gasteiger partial charge >= 0.3 is 0 Å². The van der Waals surface area contributed by atoms with E-state index in [9.17, 15) is 14.7 Å². The Balaban J connectivity index is 1.59. The normalized spacial score (nSPS) is 10.5. The third-order valence-corrected chi connectivity index (χ3v) is 4.86. The second kappa shape index (κ2) is 9.79. The van der Waals surface area contributed by atoms with E-state index in [1.54, 1.807) is 24.3 Å². The molecule has 0 radical (unpaired) electrons. The number of H-pyrrole nitrogens is 1. The Kier molecular flexibility index (Phi) is 6.91. The third-order valence-electron chi connectivity index (χ3n) is 3.98. The maximum Gasteiger partial charge on any atom is 0.258 e. The number of nitrogens with one attached hydrogen (secondary N) is 2. The van der Waals surface area contributed by atoms with Gasteiger partial charge in [-0.05, 0) is 36.8 Å². The van der Waals surface area contributed by atoms with Crippen molar-refractivity contribution < 1.29 is 14.6 Å². The van der Waals surface area contributed by atoms with Crippen LogP contribution in [0.25, 0.3) is 0 Å². The minimum absolute atomic E-state index is 0.0353. The van der Waals surface area contributed by atoms with Crippen molar-refractivity contribution in [3.05, 3.63) is 76.1 Å². The highest BCUT2D eigenvalue weighted by molar-refractivity contribution is 7.99. The van der Waals surface area contributed by atoms with Crippen LogP contribution in [0.4, 0.5) is 5.69 Å². The first-order valence-electron chi connectivity index (χ1n) is 9.06. The molecule has 0 saturated carbocycles. The monoisotopic (exact) mass is 411 g/mol. The second-order valence-corrected chi connectivity index (χ2v) is 7.09. The van der Waals surface area contributed by atoms with E-state index in [4.69, 9.17) is 4.74 Å². The molecule has 0 atom stereocenters. The molecular formula is C21H21N3O4S. The highest BCUT2D eigenvalue weighted by Crippen LogP contribution is 2.20. The van der Waals surface area contributed by atoms with Gasteiger partial charge in [-0.15, -0.1) is 0 Å². The van der Waals surface area contributed by atoms with Crippen LogP contribution in [0.5, 0.6) is 11.6 Å². The second-order valence-electron chi connectivity index (χ2n) is 6.13. The number of amides is 1. The summed E-state index contributed by atoms with van der Waals surface area (Å²) in [5.41, 5.74) is 1.31. The first-order valence-corrected chi connectivity index (χ1v) is 10.1. The van der Waals surface area contributed by atoms with E-state index in [1.165, 1.54) is 0 Å². The van der Waals surface area contributed by atoms with Crippen LogP contribution in [0.2, 0.25) is 0 Å². The van der Waals surface area contributed by atoms with Gasteiger partial charge in [0, 0.05) is 12.1 Å². The quantitative estimate of drug-likeness (QED) is 0.388. The predicted molar refractivity (Wildman–Crippen MR) is 113 cm³/mol. The van der Waals surface area contributed by atoms with Crippen molar-refractivity contribution in [3.63, 3.8) is 0 Å². The molecule has 0 fully saturated rings. The van der Waals surface area contributed by atoms with Crippen LogP contribution in [0.3, 0.4) is 0 Å². The number of thioether (sulfide) groups is 1. The van der Waals surface area contributed by atoms with Crippen molar-refractivity contribution in [1.82, 2.24) is 9.97 Å². The number of anilines is 1. The molecule has 7 nitrogen and oxygen atoms in total. The van der Waals surface area contributed by atoms with Crippen molar-refractivity contribution >= 4 is 23.4 Å². The lowest BCUT2D eigenvalue weighted by Gasteiger charge is -2.08. The Morgan fingerprint density at radius 3 is 2.55 bits per heavy atom. The standard InChI is InChI=1S/C21H21N3O4S/c1-2-28-16-10-8-15(9-11-16)22-18(25)13-29-21-23-19(26)17(20(27)24-21)12-14-6-4-3-5-7-14/h3-11H,2,12-13H2,1H3,(H,22,25)(H2,23,24,26,27). The van der Waals surface area contributed by atoms with Crippen LogP contribution < -0.4 is 15.6 Å². The first kappa shape index (κ1) is 20.5. The summed E-state index contributed by atoms with van der Waals surface area (Å²) in [6, 6.07) is 16.4. The number of carbonyl (C=O) groups excluding carboxylic acids is 1. The fraction of sp³-hybridized carbons (Fsp3) is 0.190. The number of rotatable bonds is 8. The van der Waals surface area contributed by atoms with Gasteiger partial charge in [0.1, 0.15) is 5.75 Å². The number of ether oxygens (including phenoxy) is 1. The number of aromatic hydroxyl groups is 1. The molecule has 3 rings (SSSR count). The minimum atomic E-state index is -0.421. The molecule has 0 bridgehead atoms. The molecule has 1 aromatic heterocycles. The molecule has 0 aliphatic heterocycles. The molecule has 3 aromatic rings. The SMILES string of the molecule is CCOc1ccc(NC(=O)CSc2nc(O)c(Cc3ccccc3)c(=O)[nH]2)cc1. The highest BCUT2D eigenvalue weighted by Gasteiger charge is 2.13. The summed E-state index contributed by atoms with van der Waals surface area (Å²) in [7, 11) is 0. The van der Waals surface area contributed by atoms with Crippen LogP contribution in [-0.2, 0) is 11.2 Å². The maximum atomic E-state index is 12.3. The van der Waals surface area contributed by atoms with Crippen molar-refractivity contribution in [2.75, 3.05) is 17.7 Å². The number of benzene rings is 2. The van der Waals surface area contributed by atoms with Crippen LogP contribution in [0, 0.1) is 0 Å². The van der Waals surface area contributed by atoms with Gasteiger partial charge in [0.25, 0.3) is 5.56 Å². The minimum Gasteiger partial charge on any atom is -0.494 e. The van der Waals surface area contributed by atoms with Crippen molar-refractivity contribution in [2.45, 2.75) is 18.5 Å². The highest BCUT2D eigenvalue weighted by atomic mass is 32.2. The Hall–Kier alpha value is -3.26. The van der Waals surface area contributed by atoms with Crippen molar-refractivity contribution in [1.29, 1.82) is 0 Å². The molecule has 0 aliphatic rings. The van der Waals surface area contributed by atoms with Gasteiger partial charge in [0.2, 0.25) is 11.8 Å². The number of carbonyl (C=O) groups is 1. The number of nitrogens with zero attached hydrogens (tertiary/aromatic N) is 1. The van der Waals surface area contributed by atoms with Gasteiger partial charge in [-0.1, -0.05) is 42.1 Å². The third kappa shape index (κ3) is 5.86. The Bertz CT molecular complexity index is 1020. The molecule has 150 valence electrons. The molecule has 3 N–H and O–H groups in total. The van der Waals surface area contributed by atoms with Crippen LogP contribution in [0.15, 0.2) is 64.5 Å². The van der Waals surface area contributed by atoms with Gasteiger partial charge < -0.3 is 20.1 Å². The van der Waals surface area contributed by atoms with Gasteiger partial charge in [-0.25, -0.2) is 0 Å². The van der Waals surface area contributed by atoms with E-state index in [0.29, 0.717) is 12.3 Å². The lowest BCUT2D eigenvalue weighted by molar-refractivity contribution is -0.113. The summed E-state index contributed by atoms with van der Waals surface area (Å²) in [6.45, 7) is 2.47. The summed E-state index contributed by atoms with van der Waals surface area (Å²) in [4.78, 5) is 31.1. The summed E-state index contributed by atoms with van der Waals surface area (Å²) in [6.07, 6.45) is 0.276. The van der Waals surface area contributed by atoms with E-state index in [-0.39, 0.29) is 34.7 Å². The molecule has 8 heteroatoms. The number of aromatic nitrogens is 2. The summed E-state index contributed by atoms with van der Waals surface area (Å²) >= 11 is 1.04. The smallest absolute Gasteiger partial charge is 0.258 e. The van der Waals surface area contributed by atoms with Gasteiger partial charge in [0.15, 0.2) is 5.16 Å². The van der Waals surface area contributed by atoms with Crippen molar-refractivity contribution in [2.24, 2.45) is 0 Å². The average molecular weight is 411 g/mol. The Morgan fingerprint density at radius 2 is 1.90 bits per heavy atom. The largest absolute Gasteiger partial charge is 0.494 e. The lowest BCUT2D eigenvalue weighted by atomic mass is 10.1. The number of aromatic amines is 1. The topological polar surface area (TPSA) is 104 Å².